The molecule has 6 nitrogen and oxygen atoms in total. The molecule has 1 rings (SSSR count). The van der Waals surface area contributed by atoms with Crippen LogP contribution in [0.25, 0.3) is 0 Å². The molecule has 0 saturated carbocycles. The highest BCUT2D eigenvalue weighted by molar-refractivity contribution is 5.79. The van der Waals surface area contributed by atoms with E-state index in [0.29, 0.717) is 6.61 Å². The van der Waals surface area contributed by atoms with Crippen LogP contribution in [0.15, 0.2) is 23.2 Å². The highest BCUT2D eigenvalue weighted by atomic mass is 16.5. The van der Waals surface area contributed by atoms with Gasteiger partial charge in [0, 0.05) is 26.7 Å². The Morgan fingerprint density at radius 3 is 2.59 bits per heavy atom. The third-order valence-corrected chi connectivity index (χ3v) is 3.20. The second-order valence-corrected chi connectivity index (χ2v) is 4.93. The van der Waals surface area contributed by atoms with Crippen molar-refractivity contribution in [3.63, 3.8) is 0 Å². The zero-order chi connectivity index (χ0) is 16.4. The summed E-state index contributed by atoms with van der Waals surface area (Å²) in [5.41, 5.74) is 1.09. The SMILES string of the molecule is CN=C(NCCc1cc(OC)ccc1OC)NC(C)COC. The van der Waals surface area contributed by atoms with Crippen LogP contribution in [0.5, 0.6) is 11.5 Å². The Morgan fingerprint density at radius 1 is 1.23 bits per heavy atom. The summed E-state index contributed by atoms with van der Waals surface area (Å²) in [7, 11) is 6.77. The van der Waals surface area contributed by atoms with E-state index in [2.05, 4.69) is 15.6 Å². The van der Waals surface area contributed by atoms with Crippen molar-refractivity contribution in [3.05, 3.63) is 23.8 Å². The smallest absolute Gasteiger partial charge is 0.191 e. The van der Waals surface area contributed by atoms with Crippen LogP contribution in [-0.2, 0) is 11.2 Å². The fraction of sp³-hybridized carbons (Fsp3) is 0.562. The van der Waals surface area contributed by atoms with E-state index in [1.54, 1.807) is 28.4 Å². The van der Waals surface area contributed by atoms with E-state index in [4.69, 9.17) is 14.2 Å². The predicted octanol–water partition coefficient (Wildman–Crippen LogP) is 1.45. The number of ether oxygens (including phenoxy) is 3. The second-order valence-electron chi connectivity index (χ2n) is 4.93. The van der Waals surface area contributed by atoms with Crippen molar-refractivity contribution < 1.29 is 14.2 Å². The quantitative estimate of drug-likeness (QED) is 0.562. The number of aliphatic imine (C=N–C) groups is 1. The minimum absolute atomic E-state index is 0.197. The van der Waals surface area contributed by atoms with Crippen LogP contribution < -0.4 is 20.1 Å². The van der Waals surface area contributed by atoms with Crippen molar-refractivity contribution in [2.45, 2.75) is 19.4 Å². The second kappa shape index (κ2) is 9.89. The monoisotopic (exact) mass is 309 g/mol. The molecule has 22 heavy (non-hydrogen) atoms. The number of methoxy groups -OCH3 is 3. The average Bonchev–Trinajstić information content (AvgIpc) is 2.53. The number of nitrogens with one attached hydrogen (secondary N) is 2. The minimum Gasteiger partial charge on any atom is -0.497 e. The van der Waals surface area contributed by atoms with Gasteiger partial charge in [-0.05, 0) is 37.1 Å². The first-order valence-corrected chi connectivity index (χ1v) is 7.31. The van der Waals surface area contributed by atoms with E-state index in [9.17, 15) is 0 Å². The molecule has 0 spiro atoms. The summed E-state index contributed by atoms with van der Waals surface area (Å²) < 4.78 is 15.7. The van der Waals surface area contributed by atoms with Crippen molar-refractivity contribution in [3.8, 4) is 11.5 Å². The van der Waals surface area contributed by atoms with Crippen molar-refractivity contribution in [2.24, 2.45) is 4.99 Å². The maximum atomic E-state index is 5.38. The Balaban J connectivity index is 2.55. The van der Waals surface area contributed by atoms with Gasteiger partial charge < -0.3 is 24.8 Å². The molecular formula is C16H27N3O3. The van der Waals surface area contributed by atoms with E-state index in [0.717, 1.165) is 36.0 Å². The summed E-state index contributed by atoms with van der Waals surface area (Å²) >= 11 is 0. The molecule has 0 aliphatic heterocycles. The molecule has 0 fully saturated rings. The van der Waals surface area contributed by atoms with Crippen LogP contribution in [0.1, 0.15) is 12.5 Å². The van der Waals surface area contributed by atoms with Crippen molar-refractivity contribution in [2.75, 3.05) is 41.5 Å². The molecule has 0 aliphatic rings. The first-order chi connectivity index (χ1) is 10.6. The van der Waals surface area contributed by atoms with Gasteiger partial charge in [-0.2, -0.15) is 0 Å². The van der Waals surface area contributed by atoms with E-state index in [1.807, 2.05) is 25.1 Å². The molecule has 2 N–H and O–H groups in total. The molecule has 0 heterocycles. The largest absolute Gasteiger partial charge is 0.497 e. The molecule has 124 valence electrons. The molecule has 0 saturated heterocycles. The average molecular weight is 309 g/mol. The molecule has 0 radical (unpaired) electrons. The van der Waals surface area contributed by atoms with Crippen LogP contribution >= 0.6 is 0 Å². The molecule has 0 aliphatic carbocycles. The first-order valence-electron chi connectivity index (χ1n) is 7.31. The molecule has 1 atom stereocenters. The zero-order valence-electron chi connectivity index (χ0n) is 14.1. The Labute approximate surface area is 132 Å². The summed E-state index contributed by atoms with van der Waals surface area (Å²) in [4.78, 5) is 4.20. The first kappa shape index (κ1) is 18.1. The molecule has 1 aromatic rings. The minimum atomic E-state index is 0.197. The van der Waals surface area contributed by atoms with Crippen LogP contribution in [0, 0.1) is 0 Å². The van der Waals surface area contributed by atoms with Gasteiger partial charge in [0.05, 0.1) is 20.8 Å². The van der Waals surface area contributed by atoms with Crippen molar-refractivity contribution in [1.29, 1.82) is 0 Å². The van der Waals surface area contributed by atoms with Gasteiger partial charge in [-0.3, -0.25) is 4.99 Å². The number of hydrogen-bond donors (Lipinski definition) is 2. The molecular weight excluding hydrogens is 282 g/mol. The van der Waals surface area contributed by atoms with E-state index in [1.165, 1.54) is 0 Å². The van der Waals surface area contributed by atoms with Gasteiger partial charge in [0.2, 0.25) is 0 Å². The Kier molecular flexibility index (Phi) is 8.14. The van der Waals surface area contributed by atoms with E-state index in [-0.39, 0.29) is 6.04 Å². The Bertz CT molecular complexity index is 478. The fourth-order valence-electron chi connectivity index (χ4n) is 2.11. The molecule has 0 amide bonds. The van der Waals surface area contributed by atoms with Crippen LogP contribution in [0.2, 0.25) is 0 Å². The summed E-state index contributed by atoms with van der Waals surface area (Å²) in [6.07, 6.45) is 0.805. The Morgan fingerprint density at radius 2 is 2.00 bits per heavy atom. The standard InChI is InChI=1S/C16H27N3O3/c1-12(11-20-3)19-16(17-2)18-9-8-13-10-14(21-4)6-7-15(13)22-5/h6-7,10,12H,8-9,11H2,1-5H3,(H2,17,18,19). The predicted molar refractivity (Wildman–Crippen MR) is 89.1 cm³/mol. The van der Waals surface area contributed by atoms with Gasteiger partial charge in [0.15, 0.2) is 5.96 Å². The van der Waals surface area contributed by atoms with Gasteiger partial charge in [-0.1, -0.05) is 0 Å². The maximum absolute atomic E-state index is 5.38. The van der Waals surface area contributed by atoms with Crippen LogP contribution in [0.4, 0.5) is 0 Å². The normalized spacial score (nSPS) is 12.7. The lowest BCUT2D eigenvalue weighted by molar-refractivity contribution is 0.179. The molecule has 0 bridgehead atoms. The highest BCUT2D eigenvalue weighted by Crippen LogP contribution is 2.24. The van der Waals surface area contributed by atoms with Gasteiger partial charge in [-0.25, -0.2) is 0 Å². The lowest BCUT2D eigenvalue weighted by Crippen LogP contribution is -2.44. The highest BCUT2D eigenvalue weighted by Gasteiger charge is 2.07. The van der Waals surface area contributed by atoms with E-state index < -0.39 is 0 Å². The molecule has 0 aromatic heterocycles. The summed E-state index contributed by atoms with van der Waals surface area (Å²) in [6, 6.07) is 6.00. The van der Waals surface area contributed by atoms with Gasteiger partial charge in [0.1, 0.15) is 11.5 Å². The van der Waals surface area contributed by atoms with Gasteiger partial charge >= 0.3 is 0 Å². The van der Waals surface area contributed by atoms with Crippen LogP contribution in [0.3, 0.4) is 0 Å². The number of benzene rings is 1. The number of guanidine groups is 1. The lowest BCUT2D eigenvalue weighted by atomic mass is 10.1. The summed E-state index contributed by atoms with van der Waals surface area (Å²) in [5.74, 6) is 2.44. The zero-order valence-corrected chi connectivity index (χ0v) is 14.1. The summed E-state index contributed by atoms with van der Waals surface area (Å²) in [6.45, 7) is 3.41. The number of rotatable bonds is 8. The fourth-order valence-corrected chi connectivity index (χ4v) is 2.11. The van der Waals surface area contributed by atoms with Gasteiger partial charge in [-0.15, -0.1) is 0 Å². The van der Waals surface area contributed by atoms with E-state index >= 15 is 0 Å². The number of hydrogen-bond acceptors (Lipinski definition) is 4. The Hall–Kier alpha value is -1.95. The summed E-state index contributed by atoms with van der Waals surface area (Å²) in [5, 5.41) is 6.55. The molecule has 1 aromatic carbocycles. The third kappa shape index (κ3) is 5.81. The van der Waals surface area contributed by atoms with Crippen molar-refractivity contribution in [1.82, 2.24) is 10.6 Å². The lowest BCUT2D eigenvalue weighted by Gasteiger charge is -2.17. The molecule has 1 unspecified atom stereocenters. The van der Waals surface area contributed by atoms with Crippen LogP contribution in [-0.4, -0.2) is 53.5 Å². The third-order valence-electron chi connectivity index (χ3n) is 3.20. The van der Waals surface area contributed by atoms with Crippen molar-refractivity contribution >= 4 is 5.96 Å². The van der Waals surface area contributed by atoms with Gasteiger partial charge in [0.25, 0.3) is 0 Å². The topological polar surface area (TPSA) is 64.1 Å². The molecule has 6 heteroatoms. The number of nitrogens with zero attached hydrogens (tertiary/aromatic N) is 1. The maximum Gasteiger partial charge on any atom is 0.191 e.